The van der Waals surface area contributed by atoms with Crippen LogP contribution in [0.15, 0.2) is 79.1 Å². The van der Waals surface area contributed by atoms with Crippen molar-refractivity contribution in [3.8, 4) is 5.75 Å². The van der Waals surface area contributed by atoms with Crippen LogP contribution in [0.3, 0.4) is 0 Å². The summed E-state index contributed by atoms with van der Waals surface area (Å²) in [6.07, 6.45) is -2.28. The van der Waals surface area contributed by atoms with Gasteiger partial charge in [0.15, 0.2) is 5.78 Å². The number of halogens is 3. The largest absolute Gasteiger partial charge is 0.492 e. The molecule has 0 radical (unpaired) electrons. The molecule has 4 aromatic rings. The molecule has 0 saturated carbocycles. The summed E-state index contributed by atoms with van der Waals surface area (Å²) < 4.78 is 50.5. The van der Waals surface area contributed by atoms with Gasteiger partial charge in [-0.2, -0.15) is 13.2 Å². The SMILES string of the molecule is Cc1ccc(CC(=O)c2cccc(C(F)(F)F)c2)cc1CC(=O)Cc1cc(Cc2ccc(OCCN3CCOCC3)cc2)ncn1. The van der Waals surface area contributed by atoms with Crippen LogP contribution in [-0.2, 0) is 41.4 Å². The van der Waals surface area contributed by atoms with Crippen molar-refractivity contribution < 1.29 is 32.2 Å². The van der Waals surface area contributed by atoms with Crippen molar-refractivity contribution in [3.63, 3.8) is 0 Å². The molecule has 0 bridgehead atoms. The Bertz CT molecular complexity index is 1650. The lowest BCUT2D eigenvalue weighted by Crippen LogP contribution is -2.38. The first kappa shape index (κ1) is 33.0. The molecule has 1 aromatic heterocycles. The molecule has 46 heavy (non-hydrogen) atoms. The van der Waals surface area contributed by atoms with Gasteiger partial charge in [-0.25, -0.2) is 9.97 Å². The van der Waals surface area contributed by atoms with E-state index in [0.29, 0.717) is 24.3 Å². The van der Waals surface area contributed by atoms with Gasteiger partial charge in [0.05, 0.1) is 24.5 Å². The third-order valence-electron chi connectivity index (χ3n) is 7.92. The zero-order valence-electron chi connectivity index (χ0n) is 25.7. The fourth-order valence-electron chi connectivity index (χ4n) is 5.33. The van der Waals surface area contributed by atoms with Gasteiger partial charge in [-0.3, -0.25) is 14.5 Å². The van der Waals surface area contributed by atoms with Crippen molar-refractivity contribution >= 4 is 11.6 Å². The number of hydrogen-bond acceptors (Lipinski definition) is 7. The summed E-state index contributed by atoms with van der Waals surface area (Å²) in [5.41, 5.74) is 3.89. The van der Waals surface area contributed by atoms with E-state index in [1.54, 1.807) is 12.1 Å². The van der Waals surface area contributed by atoms with E-state index >= 15 is 0 Å². The highest BCUT2D eigenvalue weighted by Gasteiger charge is 2.30. The van der Waals surface area contributed by atoms with Gasteiger partial charge in [0.1, 0.15) is 24.5 Å². The van der Waals surface area contributed by atoms with Crippen LogP contribution in [0.1, 0.15) is 49.6 Å². The molecular weight excluding hydrogens is 595 g/mol. The number of aryl methyl sites for hydroxylation is 1. The van der Waals surface area contributed by atoms with Gasteiger partial charge < -0.3 is 9.47 Å². The Balaban J connectivity index is 1.14. The molecule has 10 heteroatoms. The zero-order valence-corrected chi connectivity index (χ0v) is 25.7. The Morgan fingerprint density at radius 3 is 2.37 bits per heavy atom. The molecule has 2 heterocycles. The summed E-state index contributed by atoms with van der Waals surface area (Å²) in [5.74, 6) is 0.338. The molecule has 1 aliphatic heterocycles. The number of hydrogen-bond donors (Lipinski definition) is 0. The molecule has 0 amide bonds. The normalized spacial score (nSPS) is 13.8. The molecule has 0 N–H and O–H groups in total. The topological polar surface area (TPSA) is 81.6 Å². The fourth-order valence-corrected chi connectivity index (χ4v) is 5.33. The van der Waals surface area contributed by atoms with E-state index in [0.717, 1.165) is 73.1 Å². The zero-order chi connectivity index (χ0) is 32.5. The molecule has 1 aliphatic rings. The van der Waals surface area contributed by atoms with E-state index in [-0.39, 0.29) is 30.6 Å². The van der Waals surface area contributed by atoms with Crippen LogP contribution in [0.2, 0.25) is 0 Å². The Labute approximate surface area is 266 Å². The van der Waals surface area contributed by atoms with Crippen molar-refractivity contribution in [3.05, 3.63) is 124 Å². The Morgan fingerprint density at radius 2 is 1.61 bits per heavy atom. The van der Waals surface area contributed by atoms with Gasteiger partial charge >= 0.3 is 6.18 Å². The van der Waals surface area contributed by atoms with Crippen LogP contribution >= 0.6 is 0 Å². The second-order valence-electron chi connectivity index (χ2n) is 11.5. The number of aromatic nitrogens is 2. The molecule has 0 spiro atoms. The molecule has 0 aliphatic carbocycles. The highest BCUT2D eigenvalue weighted by atomic mass is 19.4. The number of rotatable bonds is 13. The first-order valence-electron chi connectivity index (χ1n) is 15.2. The second kappa shape index (κ2) is 15.2. The highest BCUT2D eigenvalue weighted by molar-refractivity contribution is 5.97. The summed E-state index contributed by atoms with van der Waals surface area (Å²) in [6, 6.07) is 19.5. The van der Waals surface area contributed by atoms with E-state index < -0.39 is 17.5 Å². The Hall–Kier alpha value is -4.41. The van der Waals surface area contributed by atoms with Crippen LogP contribution in [0, 0.1) is 6.92 Å². The molecule has 7 nitrogen and oxygen atoms in total. The average molecular weight is 632 g/mol. The van der Waals surface area contributed by atoms with E-state index in [9.17, 15) is 22.8 Å². The number of carbonyl (C=O) groups excluding carboxylic acids is 2. The first-order chi connectivity index (χ1) is 22.1. The molecular formula is C36H36F3N3O4. The predicted octanol–water partition coefficient (Wildman–Crippen LogP) is 5.89. The molecule has 0 unspecified atom stereocenters. The van der Waals surface area contributed by atoms with Gasteiger partial charge in [0, 0.05) is 56.6 Å². The monoisotopic (exact) mass is 631 g/mol. The van der Waals surface area contributed by atoms with Crippen molar-refractivity contribution in [2.24, 2.45) is 0 Å². The van der Waals surface area contributed by atoms with Crippen molar-refractivity contribution in [1.29, 1.82) is 0 Å². The number of Topliss-reactive ketones (excluding diaryl/α,β-unsaturated/α-hetero) is 2. The molecule has 1 saturated heterocycles. The summed E-state index contributed by atoms with van der Waals surface area (Å²) in [7, 11) is 0. The standard InChI is InChI=1S/C36H36F3N3O4/c1-25-5-6-27(19-35(44)28-3-2-4-30(20-28)36(37,38)39)17-29(25)21-33(43)23-32-22-31(40-24-41-32)18-26-7-9-34(10-8-26)46-16-13-42-11-14-45-15-12-42/h2-10,17,20,22,24H,11-16,18-19,21,23H2,1H3. The summed E-state index contributed by atoms with van der Waals surface area (Å²) >= 11 is 0. The van der Waals surface area contributed by atoms with Crippen LogP contribution < -0.4 is 4.74 Å². The van der Waals surface area contributed by atoms with Crippen molar-refractivity contribution in [2.45, 2.75) is 38.8 Å². The third-order valence-corrected chi connectivity index (χ3v) is 7.92. The van der Waals surface area contributed by atoms with Crippen LogP contribution in [-0.4, -0.2) is 65.9 Å². The van der Waals surface area contributed by atoms with Gasteiger partial charge in [-0.05, 0) is 59.5 Å². The van der Waals surface area contributed by atoms with E-state index in [1.165, 1.54) is 18.5 Å². The minimum Gasteiger partial charge on any atom is -0.492 e. The van der Waals surface area contributed by atoms with Crippen LogP contribution in [0.5, 0.6) is 5.75 Å². The lowest BCUT2D eigenvalue weighted by atomic mass is 9.95. The van der Waals surface area contributed by atoms with E-state index in [1.807, 2.05) is 43.3 Å². The first-order valence-corrected chi connectivity index (χ1v) is 15.2. The molecule has 240 valence electrons. The average Bonchev–Trinajstić information content (AvgIpc) is 3.04. The second-order valence-corrected chi connectivity index (χ2v) is 11.5. The maximum Gasteiger partial charge on any atom is 0.416 e. The quantitative estimate of drug-likeness (QED) is 0.170. The minimum atomic E-state index is -4.53. The molecule has 1 fully saturated rings. The summed E-state index contributed by atoms with van der Waals surface area (Å²) in [5, 5.41) is 0. The third kappa shape index (κ3) is 9.55. The van der Waals surface area contributed by atoms with Crippen LogP contribution in [0.4, 0.5) is 13.2 Å². The number of alkyl halides is 3. The molecule has 5 rings (SSSR count). The van der Waals surface area contributed by atoms with Gasteiger partial charge in [-0.1, -0.05) is 42.5 Å². The van der Waals surface area contributed by atoms with Crippen molar-refractivity contribution in [2.75, 3.05) is 39.5 Å². The van der Waals surface area contributed by atoms with Crippen molar-refractivity contribution in [1.82, 2.24) is 14.9 Å². The fraction of sp³-hybridized carbons (Fsp3) is 0.333. The number of benzene rings is 3. The minimum absolute atomic E-state index is 0.00338. The molecule has 3 aromatic carbocycles. The van der Waals surface area contributed by atoms with Gasteiger partial charge in [-0.15, -0.1) is 0 Å². The number of carbonyl (C=O) groups is 2. The van der Waals surface area contributed by atoms with E-state index in [2.05, 4.69) is 14.9 Å². The smallest absolute Gasteiger partial charge is 0.416 e. The Kier molecular flexibility index (Phi) is 10.9. The number of morpholine rings is 1. The van der Waals surface area contributed by atoms with Gasteiger partial charge in [0.25, 0.3) is 0 Å². The summed E-state index contributed by atoms with van der Waals surface area (Å²) in [4.78, 5) is 36.8. The van der Waals surface area contributed by atoms with Crippen LogP contribution in [0.25, 0.3) is 0 Å². The number of ether oxygens (including phenoxy) is 2. The number of nitrogens with zero attached hydrogens (tertiary/aromatic N) is 3. The lowest BCUT2D eigenvalue weighted by molar-refractivity contribution is -0.137. The number of ketones is 2. The van der Waals surface area contributed by atoms with E-state index in [4.69, 9.17) is 9.47 Å². The highest BCUT2D eigenvalue weighted by Crippen LogP contribution is 2.30. The predicted molar refractivity (Wildman–Crippen MR) is 167 cm³/mol. The molecule has 0 atom stereocenters. The maximum absolute atomic E-state index is 13.1. The lowest BCUT2D eigenvalue weighted by Gasteiger charge is -2.26. The summed E-state index contributed by atoms with van der Waals surface area (Å²) in [6.45, 7) is 6.75. The Morgan fingerprint density at radius 1 is 0.870 bits per heavy atom. The maximum atomic E-state index is 13.1. The van der Waals surface area contributed by atoms with Gasteiger partial charge in [0.2, 0.25) is 0 Å².